The second-order valence-electron chi connectivity index (χ2n) is 7.28. The summed E-state index contributed by atoms with van der Waals surface area (Å²) in [7, 11) is 1.70. The molecular weight excluding hydrogens is 280 g/mol. The Kier molecular flexibility index (Phi) is 5.84. The van der Waals surface area contributed by atoms with Gasteiger partial charge >= 0.3 is 0 Å². The summed E-state index contributed by atoms with van der Waals surface area (Å²) in [6.45, 7) is 13.4. The molecule has 1 amide bonds. The number of rotatable bonds is 4. The van der Waals surface area contributed by atoms with Crippen LogP contribution in [-0.4, -0.2) is 70.6 Å². The molecule has 1 heterocycles. The van der Waals surface area contributed by atoms with E-state index in [9.17, 15) is 9.90 Å². The first kappa shape index (κ1) is 18.7. The van der Waals surface area contributed by atoms with Crippen molar-refractivity contribution in [2.45, 2.75) is 65.1 Å². The normalized spacial score (nSPS) is 22.0. The van der Waals surface area contributed by atoms with E-state index in [0.717, 1.165) is 0 Å². The number of guanidine groups is 1. The van der Waals surface area contributed by atoms with Crippen molar-refractivity contribution in [3.8, 4) is 0 Å². The minimum atomic E-state index is -0.783. The number of piperazine rings is 1. The molecule has 1 rings (SSSR count). The van der Waals surface area contributed by atoms with Crippen LogP contribution in [0.2, 0.25) is 0 Å². The molecule has 0 saturated carbocycles. The molecule has 0 aromatic rings. The van der Waals surface area contributed by atoms with Crippen LogP contribution in [0.1, 0.15) is 48.0 Å². The molecule has 0 aliphatic carbocycles. The van der Waals surface area contributed by atoms with Crippen LogP contribution in [0, 0.1) is 0 Å². The first-order chi connectivity index (χ1) is 10.0. The van der Waals surface area contributed by atoms with Gasteiger partial charge in [0.25, 0.3) is 0 Å². The van der Waals surface area contributed by atoms with Gasteiger partial charge in [-0.1, -0.05) is 6.92 Å². The maximum Gasteiger partial charge on any atom is 0.242 e. The summed E-state index contributed by atoms with van der Waals surface area (Å²) in [5.74, 6) is 0.773. The average Bonchev–Trinajstić information content (AvgIpc) is 2.36. The molecule has 0 aromatic heterocycles. The quantitative estimate of drug-likeness (QED) is 0.601. The lowest BCUT2D eigenvalue weighted by Crippen LogP contribution is -2.66. The van der Waals surface area contributed by atoms with Crippen molar-refractivity contribution >= 4 is 11.9 Å². The Bertz CT molecular complexity index is 430. The van der Waals surface area contributed by atoms with E-state index in [4.69, 9.17) is 0 Å². The average molecular weight is 312 g/mol. The van der Waals surface area contributed by atoms with Gasteiger partial charge in [-0.3, -0.25) is 9.79 Å². The van der Waals surface area contributed by atoms with Gasteiger partial charge in [-0.05, 0) is 41.0 Å². The summed E-state index contributed by atoms with van der Waals surface area (Å²) in [6, 6.07) is 0.181. The summed E-state index contributed by atoms with van der Waals surface area (Å²) in [6.07, 6.45) is 0.655. The zero-order chi connectivity index (χ0) is 17.1. The first-order valence-electron chi connectivity index (χ1n) is 8.04. The van der Waals surface area contributed by atoms with Crippen molar-refractivity contribution in [1.82, 2.24) is 15.1 Å². The molecule has 128 valence electrons. The second-order valence-corrected chi connectivity index (χ2v) is 7.28. The molecule has 1 saturated heterocycles. The zero-order valence-electron chi connectivity index (χ0n) is 15.1. The fourth-order valence-corrected chi connectivity index (χ4v) is 3.04. The molecule has 6 heteroatoms. The van der Waals surface area contributed by atoms with Crippen LogP contribution in [0.3, 0.4) is 0 Å². The SMILES string of the molecule is CCC(C)(O)CNC(=NC)N1CC(=O)N(C(C)C)C(C)(C)C1. The van der Waals surface area contributed by atoms with Crippen molar-refractivity contribution in [1.29, 1.82) is 0 Å². The van der Waals surface area contributed by atoms with Crippen molar-refractivity contribution in [2.75, 3.05) is 26.7 Å². The molecule has 1 fully saturated rings. The van der Waals surface area contributed by atoms with E-state index in [-0.39, 0.29) is 17.5 Å². The lowest BCUT2D eigenvalue weighted by molar-refractivity contribution is -0.145. The van der Waals surface area contributed by atoms with Gasteiger partial charge in [-0.25, -0.2) is 0 Å². The summed E-state index contributed by atoms with van der Waals surface area (Å²) < 4.78 is 0. The monoisotopic (exact) mass is 312 g/mol. The molecule has 0 radical (unpaired) electrons. The van der Waals surface area contributed by atoms with Crippen LogP contribution >= 0.6 is 0 Å². The molecule has 1 unspecified atom stereocenters. The lowest BCUT2D eigenvalue weighted by Gasteiger charge is -2.49. The van der Waals surface area contributed by atoms with Crippen molar-refractivity contribution in [3.63, 3.8) is 0 Å². The fourth-order valence-electron chi connectivity index (χ4n) is 3.04. The Morgan fingerprint density at radius 2 is 2.09 bits per heavy atom. The van der Waals surface area contributed by atoms with E-state index < -0.39 is 5.60 Å². The van der Waals surface area contributed by atoms with Crippen molar-refractivity contribution < 1.29 is 9.90 Å². The standard InChI is InChI=1S/C16H32N4O2/c1-8-16(6,22)10-18-14(17-7)19-9-13(21)20(12(2)3)15(4,5)11-19/h12,22H,8-11H2,1-7H3,(H,17,18). The van der Waals surface area contributed by atoms with Crippen molar-refractivity contribution in [2.24, 2.45) is 4.99 Å². The van der Waals surface area contributed by atoms with Crippen LogP contribution in [-0.2, 0) is 4.79 Å². The van der Waals surface area contributed by atoms with E-state index in [1.54, 1.807) is 14.0 Å². The van der Waals surface area contributed by atoms with Gasteiger partial charge in [0.05, 0.1) is 17.7 Å². The number of amides is 1. The third kappa shape index (κ3) is 4.35. The minimum absolute atomic E-state index is 0.108. The molecule has 22 heavy (non-hydrogen) atoms. The topological polar surface area (TPSA) is 68.2 Å². The van der Waals surface area contributed by atoms with E-state index in [1.165, 1.54) is 0 Å². The number of nitrogens with zero attached hydrogens (tertiary/aromatic N) is 3. The summed E-state index contributed by atoms with van der Waals surface area (Å²) in [5.41, 5.74) is -1.04. The molecular formula is C16H32N4O2. The number of hydrogen-bond acceptors (Lipinski definition) is 3. The van der Waals surface area contributed by atoms with Crippen LogP contribution in [0.5, 0.6) is 0 Å². The number of aliphatic hydroxyl groups is 1. The van der Waals surface area contributed by atoms with Crippen LogP contribution in [0.15, 0.2) is 4.99 Å². The molecule has 0 bridgehead atoms. The Morgan fingerprint density at radius 1 is 1.50 bits per heavy atom. The third-order valence-electron chi connectivity index (χ3n) is 4.24. The second kappa shape index (κ2) is 6.86. The maximum atomic E-state index is 12.5. The largest absolute Gasteiger partial charge is 0.388 e. The molecule has 1 atom stereocenters. The molecule has 6 nitrogen and oxygen atoms in total. The smallest absolute Gasteiger partial charge is 0.242 e. The predicted molar refractivity (Wildman–Crippen MR) is 89.9 cm³/mol. The Labute approximate surface area is 134 Å². The molecule has 0 spiro atoms. The van der Waals surface area contributed by atoms with E-state index in [1.807, 2.05) is 30.6 Å². The number of carbonyl (C=O) groups is 1. The first-order valence-corrected chi connectivity index (χ1v) is 8.04. The summed E-state index contributed by atoms with van der Waals surface area (Å²) in [5, 5.41) is 13.3. The number of carbonyl (C=O) groups excluding carboxylic acids is 1. The fraction of sp³-hybridized carbons (Fsp3) is 0.875. The van der Waals surface area contributed by atoms with Crippen LogP contribution < -0.4 is 5.32 Å². The highest BCUT2D eigenvalue weighted by molar-refractivity contribution is 5.88. The maximum absolute atomic E-state index is 12.5. The van der Waals surface area contributed by atoms with Crippen LogP contribution in [0.4, 0.5) is 0 Å². The van der Waals surface area contributed by atoms with Crippen molar-refractivity contribution in [3.05, 3.63) is 0 Å². The van der Waals surface area contributed by atoms with Gasteiger partial charge in [0.15, 0.2) is 5.96 Å². The molecule has 2 N–H and O–H groups in total. The van der Waals surface area contributed by atoms with Gasteiger partial charge in [0.2, 0.25) is 5.91 Å². The molecule has 1 aliphatic rings. The minimum Gasteiger partial charge on any atom is -0.388 e. The highest BCUT2D eigenvalue weighted by Crippen LogP contribution is 2.24. The van der Waals surface area contributed by atoms with Gasteiger partial charge in [0, 0.05) is 26.2 Å². The Morgan fingerprint density at radius 3 is 2.50 bits per heavy atom. The van der Waals surface area contributed by atoms with Crippen LogP contribution in [0.25, 0.3) is 0 Å². The van der Waals surface area contributed by atoms with Gasteiger partial charge in [-0.2, -0.15) is 0 Å². The highest BCUT2D eigenvalue weighted by atomic mass is 16.3. The predicted octanol–water partition coefficient (Wildman–Crippen LogP) is 1.05. The molecule has 1 aliphatic heterocycles. The Balaban J connectivity index is 2.83. The van der Waals surface area contributed by atoms with Gasteiger partial charge in [0.1, 0.15) is 0 Å². The molecule has 0 aromatic carbocycles. The lowest BCUT2D eigenvalue weighted by atomic mass is 9.96. The highest BCUT2D eigenvalue weighted by Gasteiger charge is 2.40. The third-order valence-corrected chi connectivity index (χ3v) is 4.24. The number of aliphatic imine (C=N–C) groups is 1. The van der Waals surface area contributed by atoms with E-state index in [0.29, 0.717) is 32.0 Å². The number of nitrogens with one attached hydrogen (secondary N) is 1. The summed E-state index contributed by atoms with van der Waals surface area (Å²) >= 11 is 0. The Hall–Kier alpha value is -1.30. The van der Waals surface area contributed by atoms with E-state index in [2.05, 4.69) is 24.2 Å². The number of hydrogen-bond donors (Lipinski definition) is 2. The van der Waals surface area contributed by atoms with E-state index >= 15 is 0 Å². The zero-order valence-corrected chi connectivity index (χ0v) is 15.1. The van der Waals surface area contributed by atoms with Gasteiger partial charge in [-0.15, -0.1) is 0 Å². The summed E-state index contributed by atoms with van der Waals surface area (Å²) in [4.78, 5) is 20.7. The van der Waals surface area contributed by atoms with Gasteiger partial charge < -0.3 is 20.2 Å².